The lowest BCUT2D eigenvalue weighted by Crippen LogP contribution is -2.30. The van der Waals surface area contributed by atoms with E-state index in [2.05, 4.69) is 40.9 Å². The molecule has 0 amide bonds. The molecule has 3 rings (SSSR count). The SMILES string of the molecule is CC(C)(C)CN1CC[C@H](c2nnc(-c3cccnc3)o2)C1. The molecule has 2 aromatic rings. The van der Waals surface area contributed by atoms with E-state index >= 15 is 0 Å². The van der Waals surface area contributed by atoms with Crippen LogP contribution in [0.4, 0.5) is 0 Å². The summed E-state index contributed by atoms with van der Waals surface area (Å²) in [4.78, 5) is 6.57. The van der Waals surface area contributed by atoms with Gasteiger partial charge in [0, 0.05) is 25.5 Å². The predicted molar refractivity (Wildman–Crippen MR) is 80.8 cm³/mol. The van der Waals surface area contributed by atoms with E-state index in [1.807, 2.05) is 12.1 Å². The second-order valence-electron chi connectivity index (χ2n) is 6.97. The number of nitrogens with zero attached hydrogens (tertiary/aromatic N) is 4. The summed E-state index contributed by atoms with van der Waals surface area (Å²) in [6, 6.07) is 3.81. The average molecular weight is 286 g/mol. The van der Waals surface area contributed by atoms with E-state index in [4.69, 9.17) is 4.42 Å². The molecule has 2 aromatic heterocycles. The van der Waals surface area contributed by atoms with Crippen molar-refractivity contribution in [3.63, 3.8) is 0 Å². The summed E-state index contributed by atoms with van der Waals surface area (Å²) in [7, 11) is 0. The molecule has 1 aliphatic heterocycles. The van der Waals surface area contributed by atoms with Crippen LogP contribution in [0.1, 0.15) is 39.0 Å². The van der Waals surface area contributed by atoms with Crippen LogP contribution in [0.2, 0.25) is 0 Å². The van der Waals surface area contributed by atoms with E-state index in [-0.39, 0.29) is 0 Å². The molecule has 0 N–H and O–H groups in total. The Morgan fingerprint density at radius 2 is 2.19 bits per heavy atom. The smallest absolute Gasteiger partial charge is 0.249 e. The van der Waals surface area contributed by atoms with Crippen molar-refractivity contribution < 1.29 is 4.42 Å². The Labute approximate surface area is 125 Å². The van der Waals surface area contributed by atoms with Crippen molar-refractivity contribution in [2.45, 2.75) is 33.1 Å². The van der Waals surface area contributed by atoms with E-state index in [9.17, 15) is 0 Å². The van der Waals surface area contributed by atoms with Crippen molar-refractivity contribution >= 4 is 0 Å². The normalized spacial score (nSPS) is 20.0. The minimum Gasteiger partial charge on any atom is -0.420 e. The highest BCUT2D eigenvalue weighted by Gasteiger charge is 2.30. The van der Waals surface area contributed by atoms with Crippen molar-refractivity contribution in [1.82, 2.24) is 20.1 Å². The Bertz CT molecular complexity index is 588. The summed E-state index contributed by atoms with van der Waals surface area (Å²) in [5.74, 6) is 1.67. The number of likely N-dealkylation sites (tertiary alicyclic amines) is 1. The van der Waals surface area contributed by atoms with Gasteiger partial charge in [-0.25, -0.2) is 0 Å². The van der Waals surface area contributed by atoms with Gasteiger partial charge >= 0.3 is 0 Å². The van der Waals surface area contributed by atoms with Crippen LogP contribution in [-0.4, -0.2) is 39.7 Å². The quantitative estimate of drug-likeness (QED) is 0.868. The molecule has 112 valence electrons. The van der Waals surface area contributed by atoms with E-state index < -0.39 is 0 Å². The number of pyridine rings is 1. The molecule has 3 heterocycles. The predicted octanol–water partition coefficient (Wildman–Crippen LogP) is 2.97. The lowest BCUT2D eigenvalue weighted by molar-refractivity contribution is 0.223. The van der Waals surface area contributed by atoms with Crippen LogP contribution in [0.3, 0.4) is 0 Å². The zero-order chi connectivity index (χ0) is 14.9. The molecule has 0 spiro atoms. The van der Waals surface area contributed by atoms with Gasteiger partial charge < -0.3 is 9.32 Å². The van der Waals surface area contributed by atoms with E-state index in [1.54, 1.807) is 12.4 Å². The molecule has 5 nitrogen and oxygen atoms in total. The van der Waals surface area contributed by atoms with Crippen LogP contribution in [0.15, 0.2) is 28.9 Å². The molecule has 0 radical (unpaired) electrons. The van der Waals surface area contributed by atoms with Crippen molar-refractivity contribution in [2.75, 3.05) is 19.6 Å². The van der Waals surface area contributed by atoms with E-state index in [0.29, 0.717) is 17.2 Å². The maximum Gasteiger partial charge on any atom is 0.249 e. The number of hydrogen-bond donors (Lipinski definition) is 0. The largest absolute Gasteiger partial charge is 0.420 e. The Kier molecular flexibility index (Phi) is 3.76. The summed E-state index contributed by atoms with van der Waals surface area (Å²) >= 11 is 0. The van der Waals surface area contributed by atoms with Crippen LogP contribution in [0, 0.1) is 5.41 Å². The van der Waals surface area contributed by atoms with Crippen LogP contribution >= 0.6 is 0 Å². The second-order valence-corrected chi connectivity index (χ2v) is 6.97. The van der Waals surface area contributed by atoms with Crippen LogP contribution in [0.5, 0.6) is 0 Å². The Morgan fingerprint density at radius 1 is 1.33 bits per heavy atom. The standard InChI is InChI=1S/C16H22N4O/c1-16(2,3)11-20-8-6-13(10-20)15-19-18-14(21-15)12-5-4-7-17-9-12/h4-5,7,9,13H,6,8,10-11H2,1-3H3/t13-/m0/s1. The van der Waals surface area contributed by atoms with Crippen molar-refractivity contribution in [3.8, 4) is 11.5 Å². The van der Waals surface area contributed by atoms with Gasteiger partial charge in [0.25, 0.3) is 0 Å². The maximum atomic E-state index is 5.84. The Hall–Kier alpha value is -1.75. The third kappa shape index (κ3) is 3.47. The first-order chi connectivity index (χ1) is 10.0. The molecule has 1 saturated heterocycles. The Balaban J connectivity index is 1.68. The maximum absolute atomic E-state index is 5.84. The fraction of sp³-hybridized carbons (Fsp3) is 0.562. The number of aromatic nitrogens is 3. The molecule has 1 aliphatic rings. The third-order valence-corrected chi connectivity index (χ3v) is 3.67. The molecule has 5 heteroatoms. The number of hydrogen-bond acceptors (Lipinski definition) is 5. The first kappa shape index (κ1) is 14.2. The molecular formula is C16H22N4O. The minimum absolute atomic E-state index is 0.324. The third-order valence-electron chi connectivity index (χ3n) is 3.67. The molecule has 0 aromatic carbocycles. The summed E-state index contributed by atoms with van der Waals surface area (Å²) in [5.41, 5.74) is 1.20. The summed E-state index contributed by atoms with van der Waals surface area (Å²) in [6.45, 7) is 10.0. The van der Waals surface area contributed by atoms with E-state index in [0.717, 1.165) is 37.5 Å². The monoisotopic (exact) mass is 286 g/mol. The van der Waals surface area contributed by atoms with Gasteiger partial charge in [-0.15, -0.1) is 10.2 Å². The lowest BCUT2D eigenvalue weighted by atomic mass is 9.96. The second kappa shape index (κ2) is 5.56. The van der Waals surface area contributed by atoms with Crippen LogP contribution in [0.25, 0.3) is 11.5 Å². The van der Waals surface area contributed by atoms with Crippen molar-refractivity contribution in [1.29, 1.82) is 0 Å². The lowest BCUT2D eigenvalue weighted by Gasteiger charge is -2.25. The molecule has 0 saturated carbocycles. The zero-order valence-corrected chi connectivity index (χ0v) is 12.9. The van der Waals surface area contributed by atoms with Gasteiger partial charge in [-0.3, -0.25) is 4.98 Å². The molecule has 0 unspecified atom stereocenters. The van der Waals surface area contributed by atoms with Gasteiger partial charge in [0.05, 0.1) is 11.5 Å². The topological polar surface area (TPSA) is 55.1 Å². The summed E-state index contributed by atoms with van der Waals surface area (Å²) < 4.78 is 5.84. The molecule has 1 atom stereocenters. The average Bonchev–Trinajstić information content (AvgIpc) is 3.06. The summed E-state index contributed by atoms with van der Waals surface area (Å²) in [5, 5.41) is 8.39. The summed E-state index contributed by atoms with van der Waals surface area (Å²) in [6.07, 6.45) is 4.57. The number of rotatable bonds is 3. The van der Waals surface area contributed by atoms with Gasteiger partial charge in [0.1, 0.15) is 0 Å². The molecular weight excluding hydrogens is 264 g/mol. The highest BCUT2D eigenvalue weighted by molar-refractivity contribution is 5.49. The van der Waals surface area contributed by atoms with Gasteiger partial charge in [-0.05, 0) is 30.5 Å². The van der Waals surface area contributed by atoms with Crippen LogP contribution < -0.4 is 0 Å². The highest BCUT2D eigenvalue weighted by atomic mass is 16.4. The molecule has 1 fully saturated rings. The fourth-order valence-corrected chi connectivity index (χ4v) is 2.85. The van der Waals surface area contributed by atoms with Gasteiger partial charge in [-0.1, -0.05) is 20.8 Å². The minimum atomic E-state index is 0.324. The highest BCUT2D eigenvalue weighted by Crippen LogP contribution is 2.30. The van der Waals surface area contributed by atoms with Gasteiger partial charge in [0.15, 0.2) is 0 Å². The Morgan fingerprint density at radius 3 is 2.90 bits per heavy atom. The van der Waals surface area contributed by atoms with Crippen LogP contribution in [-0.2, 0) is 0 Å². The van der Waals surface area contributed by atoms with E-state index in [1.165, 1.54) is 0 Å². The zero-order valence-electron chi connectivity index (χ0n) is 12.9. The first-order valence-corrected chi connectivity index (χ1v) is 7.47. The molecule has 0 aliphatic carbocycles. The van der Waals surface area contributed by atoms with Crippen molar-refractivity contribution in [3.05, 3.63) is 30.4 Å². The van der Waals surface area contributed by atoms with Gasteiger partial charge in [-0.2, -0.15) is 0 Å². The van der Waals surface area contributed by atoms with Crippen molar-refractivity contribution in [2.24, 2.45) is 5.41 Å². The molecule has 21 heavy (non-hydrogen) atoms. The molecule has 0 bridgehead atoms. The first-order valence-electron chi connectivity index (χ1n) is 7.47. The van der Waals surface area contributed by atoms with Gasteiger partial charge in [0.2, 0.25) is 11.8 Å². The fourth-order valence-electron chi connectivity index (χ4n) is 2.85.